The van der Waals surface area contributed by atoms with Crippen LogP contribution in [0.4, 0.5) is 15.8 Å². The van der Waals surface area contributed by atoms with Gasteiger partial charge in [-0.15, -0.1) is 0 Å². The summed E-state index contributed by atoms with van der Waals surface area (Å²) < 4.78 is 45.5. The molecular formula is C20H22FN3O6S. The van der Waals surface area contributed by atoms with E-state index in [4.69, 9.17) is 4.74 Å². The van der Waals surface area contributed by atoms with Gasteiger partial charge in [0.05, 0.1) is 9.82 Å². The third-order valence-electron chi connectivity index (χ3n) is 4.87. The smallest absolute Gasteiger partial charge is 0.311 e. The minimum Gasteiger partial charge on any atom is -0.474 e. The van der Waals surface area contributed by atoms with E-state index in [9.17, 15) is 27.7 Å². The number of rotatable bonds is 7. The molecule has 1 aliphatic rings. The Balaban J connectivity index is 1.67. The Hall–Kier alpha value is -3.05. The van der Waals surface area contributed by atoms with E-state index in [1.54, 1.807) is 0 Å². The zero-order valence-corrected chi connectivity index (χ0v) is 17.6. The molecule has 0 saturated carbocycles. The first-order valence-electron chi connectivity index (χ1n) is 9.70. The molecule has 0 spiro atoms. The van der Waals surface area contributed by atoms with E-state index in [0.717, 1.165) is 37.5 Å². The van der Waals surface area contributed by atoms with Gasteiger partial charge in [0.25, 0.3) is 5.91 Å². The minimum atomic E-state index is -3.58. The first-order valence-corrected chi connectivity index (χ1v) is 11.1. The van der Waals surface area contributed by atoms with Crippen LogP contribution in [0.25, 0.3) is 0 Å². The molecule has 3 rings (SSSR count). The average Bonchev–Trinajstić information content (AvgIpc) is 2.74. The Kier molecular flexibility index (Phi) is 6.86. The number of carbonyl (C=O) groups is 1. The first kappa shape index (κ1) is 22.6. The van der Waals surface area contributed by atoms with Crippen LogP contribution >= 0.6 is 0 Å². The molecule has 1 unspecified atom stereocenters. The predicted octanol–water partition coefficient (Wildman–Crippen LogP) is 3.31. The number of nitrogens with one attached hydrogen (secondary N) is 1. The summed E-state index contributed by atoms with van der Waals surface area (Å²) >= 11 is 0. The lowest BCUT2D eigenvalue weighted by Crippen LogP contribution is -2.35. The van der Waals surface area contributed by atoms with E-state index in [1.807, 2.05) is 0 Å². The van der Waals surface area contributed by atoms with Gasteiger partial charge in [0.1, 0.15) is 5.82 Å². The summed E-state index contributed by atoms with van der Waals surface area (Å²) in [5.41, 5.74) is -0.139. The predicted molar refractivity (Wildman–Crippen MR) is 111 cm³/mol. The highest BCUT2D eigenvalue weighted by Gasteiger charge is 2.26. The molecule has 0 radical (unpaired) electrons. The molecule has 31 heavy (non-hydrogen) atoms. The second-order valence-electron chi connectivity index (χ2n) is 7.11. The molecule has 166 valence electrons. The van der Waals surface area contributed by atoms with Crippen LogP contribution in [0, 0.1) is 15.9 Å². The van der Waals surface area contributed by atoms with Crippen LogP contribution in [-0.4, -0.2) is 42.7 Å². The van der Waals surface area contributed by atoms with E-state index in [0.29, 0.717) is 18.8 Å². The summed E-state index contributed by atoms with van der Waals surface area (Å²) in [6, 6.07) is 8.43. The minimum absolute atomic E-state index is 0.132. The van der Waals surface area contributed by atoms with Gasteiger partial charge in [-0.1, -0.05) is 6.42 Å². The van der Waals surface area contributed by atoms with Crippen LogP contribution in [0.5, 0.6) is 5.75 Å². The van der Waals surface area contributed by atoms with Crippen molar-refractivity contribution in [2.75, 3.05) is 18.4 Å². The SMILES string of the molecule is CC(Oc1cc(F)ccc1[N+](=O)[O-])C(=O)Nc1ccc(S(=O)(=O)N2CCCCC2)cc1. The number of carbonyl (C=O) groups excluding carboxylic acids is 1. The van der Waals surface area contributed by atoms with Crippen LogP contribution in [0.3, 0.4) is 0 Å². The molecule has 0 aromatic heterocycles. The number of amides is 1. The van der Waals surface area contributed by atoms with Crippen molar-refractivity contribution in [1.29, 1.82) is 0 Å². The number of hydrogen-bond donors (Lipinski definition) is 1. The number of halogens is 1. The van der Waals surface area contributed by atoms with Crippen molar-refractivity contribution in [1.82, 2.24) is 4.31 Å². The zero-order valence-electron chi connectivity index (χ0n) is 16.8. The molecule has 2 aromatic carbocycles. The van der Waals surface area contributed by atoms with Gasteiger partial charge in [0.2, 0.25) is 15.8 Å². The topological polar surface area (TPSA) is 119 Å². The van der Waals surface area contributed by atoms with E-state index < -0.39 is 38.5 Å². The lowest BCUT2D eigenvalue weighted by atomic mass is 10.2. The second-order valence-corrected chi connectivity index (χ2v) is 9.05. The van der Waals surface area contributed by atoms with E-state index in [-0.39, 0.29) is 10.6 Å². The highest BCUT2D eigenvalue weighted by atomic mass is 32.2. The van der Waals surface area contributed by atoms with Crippen molar-refractivity contribution in [2.24, 2.45) is 0 Å². The third kappa shape index (κ3) is 5.36. The normalized spacial score (nSPS) is 15.8. The monoisotopic (exact) mass is 451 g/mol. The molecule has 0 aliphatic carbocycles. The molecule has 1 fully saturated rings. The molecule has 1 atom stereocenters. The third-order valence-corrected chi connectivity index (χ3v) is 6.78. The van der Waals surface area contributed by atoms with Gasteiger partial charge < -0.3 is 10.1 Å². The van der Waals surface area contributed by atoms with Gasteiger partial charge in [0.15, 0.2) is 6.10 Å². The van der Waals surface area contributed by atoms with Crippen molar-refractivity contribution < 1.29 is 27.3 Å². The van der Waals surface area contributed by atoms with Gasteiger partial charge in [-0.25, -0.2) is 12.8 Å². The molecule has 0 bridgehead atoms. The average molecular weight is 451 g/mol. The van der Waals surface area contributed by atoms with Crippen LogP contribution in [0.1, 0.15) is 26.2 Å². The van der Waals surface area contributed by atoms with Crippen molar-refractivity contribution >= 4 is 27.3 Å². The summed E-state index contributed by atoms with van der Waals surface area (Å²) in [4.78, 5) is 22.8. The molecule has 1 aliphatic heterocycles. The highest BCUT2D eigenvalue weighted by Crippen LogP contribution is 2.28. The van der Waals surface area contributed by atoms with Crippen molar-refractivity contribution in [2.45, 2.75) is 37.2 Å². The Bertz CT molecular complexity index is 1070. The Labute approximate surface area is 179 Å². The fourth-order valence-corrected chi connectivity index (χ4v) is 4.70. The van der Waals surface area contributed by atoms with Crippen LogP contribution in [0.15, 0.2) is 47.4 Å². The molecule has 1 saturated heterocycles. The molecule has 1 N–H and O–H groups in total. The summed E-state index contributed by atoms with van der Waals surface area (Å²) in [6.45, 7) is 2.34. The standard InChI is InChI=1S/C20H22FN3O6S/c1-14(30-19-13-15(21)5-10-18(19)24(26)27)20(25)22-16-6-8-17(9-7-16)31(28,29)23-11-3-2-4-12-23/h5-10,13-14H,2-4,11-12H2,1H3,(H,22,25). The summed E-state index contributed by atoms with van der Waals surface area (Å²) in [7, 11) is -3.58. The van der Waals surface area contributed by atoms with Gasteiger partial charge in [-0.3, -0.25) is 14.9 Å². The Morgan fingerprint density at radius 3 is 2.42 bits per heavy atom. The molecule has 11 heteroatoms. The van der Waals surface area contributed by atoms with E-state index in [1.165, 1.54) is 35.5 Å². The molecular weight excluding hydrogens is 429 g/mol. The van der Waals surface area contributed by atoms with E-state index in [2.05, 4.69) is 5.32 Å². The van der Waals surface area contributed by atoms with Gasteiger partial charge in [-0.2, -0.15) is 4.31 Å². The largest absolute Gasteiger partial charge is 0.474 e. The number of nitro benzene ring substituents is 1. The maximum absolute atomic E-state index is 13.4. The number of sulfonamides is 1. The maximum atomic E-state index is 13.4. The summed E-state index contributed by atoms with van der Waals surface area (Å²) in [6.07, 6.45) is 1.50. The second kappa shape index (κ2) is 9.40. The summed E-state index contributed by atoms with van der Waals surface area (Å²) in [5, 5.41) is 13.6. The first-order chi connectivity index (χ1) is 14.7. The number of hydrogen-bond acceptors (Lipinski definition) is 6. The van der Waals surface area contributed by atoms with E-state index >= 15 is 0 Å². The lowest BCUT2D eigenvalue weighted by molar-refractivity contribution is -0.386. The molecule has 2 aromatic rings. The van der Waals surface area contributed by atoms with Gasteiger partial charge in [-0.05, 0) is 50.1 Å². The quantitative estimate of drug-likeness (QED) is 0.510. The van der Waals surface area contributed by atoms with Crippen LogP contribution in [0.2, 0.25) is 0 Å². The number of piperidine rings is 1. The highest BCUT2D eigenvalue weighted by molar-refractivity contribution is 7.89. The fraction of sp³-hybridized carbons (Fsp3) is 0.350. The number of anilines is 1. The lowest BCUT2D eigenvalue weighted by Gasteiger charge is -2.25. The van der Waals surface area contributed by atoms with Gasteiger partial charge >= 0.3 is 5.69 Å². The Morgan fingerprint density at radius 1 is 1.16 bits per heavy atom. The summed E-state index contributed by atoms with van der Waals surface area (Å²) in [5.74, 6) is -1.74. The van der Waals surface area contributed by atoms with Crippen molar-refractivity contribution in [3.63, 3.8) is 0 Å². The molecule has 1 heterocycles. The van der Waals surface area contributed by atoms with Crippen LogP contribution < -0.4 is 10.1 Å². The number of benzene rings is 2. The zero-order chi connectivity index (χ0) is 22.6. The maximum Gasteiger partial charge on any atom is 0.311 e. The molecule has 9 nitrogen and oxygen atoms in total. The Morgan fingerprint density at radius 2 is 1.81 bits per heavy atom. The molecule has 1 amide bonds. The van der Waals surface area contributed by atoms with Gasteiger partial charge in [0, 0.05) is 30.9 Å². The fourth-order valence-electron chi connectivity index (χ4n) is 3.19. The van der Waals surface area contributed by atoms with Crippen LogP contribution in [-0.2, 0) is 14.8 Å². The number of nitro groups is 1. The van der Waals surface area contributed by atoms with Crippen molar-refractivity contribution in [3.05, 3.63) is 58.4 Å². The number of ether oxygens (including phenoxy) is 1. The van der Waals surface area contributed by atoms with Crippen molar-refractivity contribution in [3.8, 4) is 5.75 Å². The number of nitrogens with zero attached hydrogens (tertiary/aromatic N) is 2.